The molecule has 0 aliphatic carbocycles. The van der Waals surface area contributed by atoms with E-state index in [2.05, 4.69) is 15.9 Å². The summed E-state index contributed by atoms with van der Waals surface area (Å²) in [6, 6.07) is 3.48. The standard InChI is InChI=1S/C14H17BrO4/c1-17-12-7-11(15)13(18-2)6-10(12)14(16)9-4-3-5-19-8-9/h6-7,9H,3-5,8H2,1-2H3. The second kappa shape index (κ2) is 6.39. The fraction of sp³-hybridized carbons (Fsp3) is 0.500. The first kappa shape index (κ1) is 14.3. The summed E-state index contributed by atoms with van der Waals surface area (Å²) < 4.78 is 16.7. The first-order chi connectivity index (χ1) is 9.17. The van der Waals surface area contributed by atoms with Crippen molar-refractivity contribution in [1.82, 2.24) is 0 Å². The van der Waals surface area contributed by atoms with Crippen molar-refractivity contribution in [2.45, 2.75) is 12.8 Å². The summed E-state index contributed by atoms with van der Waals surface area (Å²) in [5, 5.41) is 0. The molecule has 1 aliphatic heterocycles. The third kappa shape index (κ3) is 3.09. The minimum atomic E-state index is -0.0893. The van der Waals surface area contributed by atoms with E-state index in [0.29, 0.717) is 23.7 Å². The lowest BCUT2D eigenvalue weighted by Crippen LogP contribution is -2.25. The lowest BCUT2D eigenvalue weighted by Gasteiger charge is -2.22. The fourth-order valence-electron chi connectivity index (χ4n) is 2.22. The molecular formula is C14H17BrO4. The van der Waals surface area contributed by atoms with E-state index in [-0.39, 0.29) is 11.7 Å². The molecule has 0 aromatic heterocycles. The average molecular weight is 329 g/mol. The van der Waals surface area contributed by atoms with E-state index in [1.54, 1.807) is 26.4 Å². The first-order valence-electron chi connectivity index (χ1n) is 6.21. The van der Waals surface area contributed by atoms with Gasteiger partial charge in [0.25, 0.3) is 0 Å². The molecule has 1 heterocycles. The van der Waals surface area contributed by atoms with E-state index < -0.39 is 0 Å². The molecule has 0 N–H and O–H groups in total. The van der Waals surface area contributed by atoms with Crippen LogP contribution in [0.5, 0.6) is 11.5 Å². The van der Waals surface area contributed by atoms with Gasteiger partial charge < -0.3 is 14.2 Å². The van der Waals surface area contributed by atoms with Crippen molar-refractivity contribution in [2.24, 2.45) is 5.92 Å². The van der Waals surface area contributed by atoms with E-state index in [1.165, 1.54) is 0 Å². The van der Waals surface area contributed by atoms with Crippen LogP contribution in [0, 0.1) is 5.92 Å². The summed E-state index contributed by atoms with van der Waals surface area (Å²) in [6.45, 7) is 1.23. The van der Waals surface area contributed by atoms with Crippen molar-refractivity contribution in [1.29, 1.82) is 0 Å². The molecule has 0 bridgehead atoms. The molecule has 1 aromatic rings. The minimum absolute atomic E-state index is 0.0577. The van der Waals surface area contributed by atoms with Crippen LogP contribution in [0.25, 0.3) is 0 Å². The van der Waals surface area contributed by atoms with Gasteiger partial charge in [-0.15, -0.1) is 0 Å². The number of hydrogen-bond donors (Lipinski definition) is 0. The van der Waals surface area contributed by atoms with Crippen LogP contribution < -0.4 is 9.47 Å². The van der Waals surface area contributed by atoms with Gasteiger partial charge in [0.15, 0.2) is 5.78 Å². The Labute approximate surface area is 121 Å². The number of benzene rings is 1. The van der Waals surface area contributed by atoms with Crippen LogP contribution in [0.1, 0.15) is 23.2 Å². The fourth-order valence-corrected chi connectivity index (χ4v) is 2.70. The molecule has 0 amide bonds. The normalized spacial score (nSPS) is 19.0. The summed E-state index contributed by atoms with van der Waals surface area (Å²) in [4.78, 5) is 12.5. The van der Waals surface area contributed by atoms with Crippen molar-refractivity contribution in [3.05, 3.63) is 22.2 Å². The third-order valence-electron chi connectivity index (χ3n) is 3.27. The number of ether oxygens (including phenoxy) is 3. The summed E-state index contributed by atoms with van der Waals surface area (Å²) in [5.74, 6) is 1.15. The molecule has 1 aliphatic rings. The molecule has 104 valence electrons. The zero-order chi connectivity index (χ0) is 13.8. The quantitative estimate of drug-likeness (QED) is 0.797. The second-order valence-corrected chi connectivity index (χ2v) is 5.32. The Morgan fingerprint density at radius 1 is 1.32 bits per heavy atom. The van der Waals surface area contributed by atoms with Gasteiger partial charge in [-0.1, -0.05) is 0 Å². The maximum absolute atomic E-state index is 12.5. The van der Waals surface area contributed by atoms with Gasteiger partial charge in [0.2, 0.25) is 0 Å². The van der Waals surface area contributed by atoms with Gasteiger partial charge in [-0.2, -0.15) is 0 Å². The van der Waals surface area contributed by atoms with E-state index in [1.807, 2.05) is 0 Å². The van der Waals surface area contributed by atoms with Crippen LogP contribution in [0.15, 0.2) is 16.6 Å². The van der Waals surface area contributed by atoms with Gasteiger partial charge in [-0.25, -0.2) is 0 Å². The van der Waals surface area contributed by atoms with E-state index in [9.17, 15) is 4.79 Å². The highest BCUT2D eigenvalue weighted by Gasteiger charge is 2.26. The first-order valence-corrected chi connectivity index (χ1v) is 7.00. The van der Waals surface area contributed by atoms with Gasteiger partial charge >= 0.3 is 0 Å². The predicted octanol–water partition coefficient (Wildman–Crippen LogP) is 3.08. The predicted molar refractivity (Wildman–Crippen MR) is 75.1 cm³/mol. The van der Waals surface area contributed by atoms with Gasteiger partial charge in [0, 0.05) is 12.5 Å². The number of Topliss-reactive ketones (excluding diaryl/α,β-unsaturated/α-hetero) is 1. The molecule has 4 nitrogen and oxygen atoms in total. The van der Waals surface area contributed by atoms with Gasteiger partial charge in [0.1, 0.15) is 11.5 Å². The number of rotatable bonds is 4. The largest absolute Gasteiger partial charge is 0.496 e. The molecule has 1 fully saturated rings. The summed E-state index contributed by atoms with van der Waals surface area (Å²) >= 11 is 3.39. The molecule has 19 heavy (non-hydrogen) atoms. The highest BCUT2D eigenvalue weighted by Crippen LogP contribution is 2.34. The minimum Gasteiger partial charge on any atom is -0.496 e. The molecule has 2 rings (SSSR count). The summed E-state index contributed by atoms with van der Waals surface area (Å²) in [6.07, 6.45) is 1.78. The number of halogens is 1. The van der Waals surface area contributed by atoms with Gasteiger partial charge in [-0.3, -0.25) is 4.79 Å². The maximum Gasteiger partial charge on any atom is 0.172 e. The third-order valence-corrected chi connectivity index (χ3v) is 3.89. The Kier molecular flexibility index (Phi) is 4.82. The van der Waals surface area contributed by atoms with Crippen molar-refractivity contribution in [3.63, 3.8) is 0 Å². The van der Waals surface area contributed by atoms with Gasteiger partial charge in [0.05, 0.1) is 30.9 Å². The number of carbonyl (C=O) groups is 1. The van der Waals surface area contributed by atoms with E-state index in [4.69, 9.17) is 14.2 Å². The van der Waals surface area contributed by atoms with E-state index in [0.717, 1.165) is 23.9 Å². The Morgan fingerprint density at radius 2 is 2.05 bits per heavy atom. The Balaban J connectivity index is 2.33. The maximum atomic E-state index is 12.5. The van der Waals surface area contributed by atoms with Crippen molar-refractivity contribution in [2.75, 3.05) is 27.4 Å². The Morgan fingerprint density at radius 3 is 2.63 bits per heavy atom. The topological polar surface area (TPSA) is 44.8 Å². The molecule has 0 saturated carbocycles. The van der Waals surface area contributed by atoms with E-state index >= 15 is 0 Å². The van der Waals surface area contributed by atoms with Crippen molar-refractivity contribution in [3.8, 4) is 11.5 Å². The van der Waals surface area contributed by atoms with Crippen LogP contribution >= 0.6 is 15.9 Å². The monoisotopic (exact) mass is 328 g/mol. The summed E-state index contributed by atoms with van der Waals surface area (Å²) in [7, 11) is 3.13. The number of methoxy groups -OCH3 is 2. The smallest absolute Gasteiger partial charge is 0.172 e. The van der Waals surface area contributed by atoms with Crippen LogP contribution in [0.3, 0.4) is 0 Å². The van der Waals surface area contributed by atoms with Crippen molar-refractivity contribution < 1.29 is 19.0 Å². The van der Waals surface area contributed by atoms with Crippen molar-refractivity contribution >= 4 is 21.7 Å². The SMILES string of the molecule is COc1cc(C(=O)C2CCCOC2)c(OC)cc1Br. The highest BCUT2D eigenvalue weighted by atomic mass is 79.9. The molecule has 5 heteroatoms. The zero-order valence-corrected chi connectivity index (χ0v) is 12.7. The molecule has 0 spiro atoms. The Bertz CT molecular complexity index is 467. The second-order valence-electron chi connectivity index (χ2n) is 4.47. The molecule has 1 unspecified atom stereocenters. The van der Waals surface area contributed by atoms with Crippen LogP contribution in [-0.4, -0.2) is 33.2 Å². The number of ketones is 1. The molecular weight excluding hydrogens is 312 g/mol. The number of hydrogen-bond acceptors (Lipinski definition) is 4. The summed E-state index contributed by atoms with van der Waals surface area (Å²) in [5.41, 5.74) is 0.554. The van der Waals surface area contributed by atoms with Gasteiger partial charge in [-0.05, 0) is 40.9 Å². The molecule has 1 atom stereocenters. The average Bonchev–Trinajstić information content (AvgIpc) is 2.47. The molecule has 1 aromatic carbocycles. The lowest BCUT2D eigenvalue weighted by atomic mass is 9.92. The van der Waals surface area contributed by atoms with Crippen LogP contribution in [0.4, 0.5) is 0 Å². The van der Waals surface area contributed by atoms with Crippen LogP contribution in [0.2, 0.25) is 0 Å². The Hall–Kier alpha value is -1.07. The molecule has 0 radical (unpaired) electrons. The zero-order valence-electron chi connectivity index (χ0n) is 11.1. The number of carbonyl (C=O) groups excluding carboxylic acids is 1. The molecule has 1 saturated heterocycles. The highest BCUT2D eigenvalue weighted by molar-refractivity contribution is 9.10. The lowest BCUT2D eigenvalue weighted by molar-refractivity contribution is 0.0459. The van der Waals surface area contributed by atoms with Crippen LogP contribution in [-0.2, 0) is 4.74 Å².